The van der Waals surface area contributed by atoms with E-state index in [0.717, 1.165) is 32.9 Å². The van der Waals surface area contributed by atoms with Gasteiger partial charge in [-0.3, -0.25) is 4.98 Å². The summed E-state index contributed by atoms with van der Waals surface area (Å²) in [4.78, 5) is 12.8. The van der Waals surface area contributed by atoms with Gasteiger partial charge in [0, 0.05) is 28.7 Å². The van der Waals surface area contributed by atoms with Crippen molar-refractivity contribution >= 4 is 21.8 Å². The lowest BCUT2D eigenvalue weighted by Crippen LogP contribution is -1.85. The van der Waals surface area contributed by atoms with Crippen molar-refractivity contribution in [3.05, 3.63) is 67.3 Å². The fourth-order valence-corrected chi connectivity index (χ4v) is 2.38. The van der Waals surface area contributed by atoms with E-state index in [0.29, 0.717) is 0 Å². The summed E-state index contributed by atoms with van der Waals surface area (Å²) in [6.45, 7) is 0. The Kier molecular flexibility index (Phi) is 2.42. The normalized spacial score (nSPS) is 11.0. The van der Waals surface area contributed by atoms with E-state index < -0.39 is 0 Å². The molecule has 0 bridgehead atoms. The van der Waals surface area contributed by atoms with Crippen molar-refractivity contribution in [2.45, 2.75) is 0 Å². The van der Waals surface area contributed by atoms with E-state index in [1.54, 1.807) is 6.33 Å². The van der Waals surface area contributed by atoms with Gasteiger partial charge in [0.25, 0.3) is 0 Å². The molecule has 0 aliphatic heterocycles. The maximum Gasteiger partial charge on any atom is 0.116 e. The van der Waals surface area contributed by atoms with Crippen LogP contribution in [-0.4, -0.2) is 15.0 Å². The van der Waals surface area contributed by atoms with Crippen molar-refractivity contribution in [3.63, 3.8) is 0 Å². The van der Waals surface area contributed by atoms with Gasteiger partial charge >= 0.3 is 0 Å². The van der Waals surface area contributed by atoms with Crippen LogP contribution in [0.1, 0.15) is 0 Å². The van der Waals surface area contributed by atoms with Gasteiger partial charge in [-0.2, -0.15) is 0 Å². The molecule has 0 aliphatic rings. The van der Waals surface area contributed by atoms with Crippen molar-refractivity contribution in [1.82, 2.24) is 15.0 Å². The summed E-state index contributed by atoms with van der Waals surface area (Å²) < 4.78 is 0. The van der Waals surface area contributed by atoms with Gasteiger partial charge in [0.1, 0.15) is 6.33 Å². The SMILES string of the molecule is c1ccc2ncc(-c3ccc4cncnc4c3)cc2c1. The van der Waals surface area contributed by atoms with Crippen molar-refractivity contribution in [2.75, 3.05) is 0 Å². The molecule has 2 heterocycles. The molecule has 0 saturated heterocycles. The minimum atomic E-state index is 0.950. The average molecular weight is 257 g/mol. The molecule has 2 aromatic heterocycles. The monoisotopic (exact) mass is 257 g/mol. The highest BCUT2D eigenvalue weighted by Crippen LogP contribution is 2.25. The quantitative estimate of drug-likeness (QED) is 0.520. The largest absolute Gasteiger partial charge is 0.256 e. The Bertz CT molecular complexity index is 838. The summed E-state index contributed by atoms with van der Waals surface area (Å²) in [5.74, 6) is 0. The molecule has 2 aromatic carbocycles. The van der Waals surface area contributed by atoms with Gasteiger partial charge in [0.15, 0.2) is 0 Å². The molecule has 0 fully saturated rings. The molecule has 0 atom stereocenters. The van der Waals surface area contributed by atoms with Crippen molar-refractivity contribution in [2.24, 2.45) is 0 Å². The third-order valence-corrected chi connectivity index (χ3v) is 3.43. The van der Waals surface area contributed by atoms with Crippen LogP contribution < -0.4 is 0 Å². The van der Waals surface area contributed by atoms with E-state index in [4.69, 9.17) is 0 Å². The molecular weight excluding hydrogens is 246 g/mol. The van der Waals surface area contributed by atoms with Gasteiger partial charge in [-0.15, -0.1) is 0 Å². The summed E-state index contributed by atoms with van der Waals surface area (Å²) >= 11 is 0. The highest BCUT2D eigenvalue weighted by molar-refractivity contribution is 5.87. The van der Waals surface area contributed by atoms with Crippen LogP contribution in [0, 0.1) is 0 Å². The second-order valence-electron chi connectivity index (χ2n) is 4.71. The van der Waals surface area contributed by atoms with Gasteiger partial charge in [0.2, 0.25) is 0 Å². The molecule has 0 N–H and O–H groups in total. The van der Waals surface area contributed by atoms with Crippen LogP contribution in [0.25, 0.3) is 32.9 Å². The second kappa shape index (κ2) is 4.38. The van der Waals surface area contributed by atoms with E-state index in [2.05, 4.69) is 39.2 Å². The number of rotatable bonds is 1. The van der Waals surface area contributed by atoms with Gasteiger partial charge in [-0.05, 0) is 23.8 Å². The van der Waals surface area contributed by atoms with Crippen LogP contribution >= 0.6 is 0 Å². The fraction of sp³-hybridized carbons (Fsp3) is 0. The zero-order valence-corrected chi connectivity index (χ0v) is 10.7. The Morgan fingerprint density at radius 2 is 1.60 bits per heavy atom. The third-order valence-electron chi connectivity index (χ3n) is 3.43. The van der Waals surface area contributed by atoms with Crippen LogP contribution in [0.3, 0.4) is 0 Å². The number of fused-ring (bicyclic) bond motifs is 2. The smallest absolute Gasteiger partial charge is 0.116 e. The molecule has 4 rings (SSSR count). The van der Waals surface area contributed by atoms with Gasteiger partial charge in [-0.1, -0.05) is 30.3 Å². The molecule has 4 aromatic rings. The first-order valence-corrected chi connectivity index (χ1v) is 6.45. The summed E-state index contributed by atoms with van der Waals surface area (Å²) in [6.07, 6.45) is 5.31. The number of nitrogens with zero attached hydrogens (tertiary/aromatic N) is 3. The molecule has 3 nitrogen and oxygen atoms in total. The zero-order valence-electron chi connectivity index (χ0n) is 10.7. The second-order valence-corrected chi connectivity index (χ2v) is 4.71. The summed E-state index contributed by atoms with van der Waals surface area (Å²) in [5.41, 5.74) is 4.18. The lowest BCUT2D eigenvalue weighted by molar-refractivity contribution is 1.22. The van der Waals surface area contributed by atoms with Gasteiger partial charge in [-0.25, -0.2) is 9.97 Å². The van der Waals surface area contributed by atoms with Gasteiger partial charge < -0.3 is 0 Å². The minimum absolute atomic E-state index is 0.950. The van der Waals surface area contributed by atoms with Crippen molar-refractivity contribution in [1.29, 1.82) is 0 Å². The first-order valence-electron chi connectivity index (χ1n) is 6.45. The molecule has 0 saturated carbocycles. The highest BCUT2D eigenvalue weighted by atomic mass is 14.8. The van der Waals surface area contributed by atoms with Gasteiger partial charge in [0.05, 0.1) is 11.0 Å². The van der Waals surface area contributed by atoms with Crippen LogP contribution in [0.5, 0.6) is 0 Å². The van der Waals surface area contributed by atoms with Crippen molar-refractivity contribution < 1.29 is 0 Å². The number of para-hydroxylation sites is 1. The lowest BCUT2D eigenvalue weighted by Gasteiger charge is -2.04. The zero-order chi connectivity index (χ0) is 13.4. The minimum Gasteiger partial charge on any atom is -0.256 e. The van der Waals surface area contributed by atoms with Crippen LogP contribution in [0.2, 0.25) is 0 Å². The predicted octanol–water partition coefficient (Wildman–Crippen LogP) is 3.85. The Labute approximate surface area is 116 Å². The Hall–Kier alpha value is -2.81. The average Bonchev–Trinajstić information content (AvgIpc) is 2.54. The molecule has 0 amide bonds. The molecular formula is C17H11N3. The molecule has 0 unspecified atom stereocenters. The van der Waals surface area contributed by atoms with E-state index >= 15 is 0 Å². The molecule has 0 aliphatic carbocycles. The maximum absolute atomic E-state index is 4.50. The Morgan fingerprint density at radius 3 is 2.60 bits per heavy atom. The third kappa shape index (κ3) is 1.80. The maximum atomic E-state index is 4.50. The number of aromatic nitrogens is 3. The number of benzene rings is 2. The van der Waals surface area contributed by atoms with E-state index in [9.17, 15) is 0 Å². The van der Waals surface area contributed by atoms with E-state index in [-0.39, 0.29) is 0 Å². The summed E-state index contributed by atoms with van der Waals surface area (Å²) in [5, 5.41) is 2.19. The molecule has 94 valence electrons. The lowest BCUT2D eigenvalue weighted by atomic mass is 10.0. The molecule has 0 radical (unpaired) electrons. The summed E-state index contributed by atoms with van der Waals surface area (Å²) in [7, 11) is 0. The summed E-state index contributed by atoms with van der Waals surface area (Å²) in [6, 6.07) is 16.5. The van der Waals surface area contributed by atoms with Crippen LogP contribution in [-0.2, 0) is 0 Å². The van der Waals surface area contributed by atoms with E-state index in [1.807, 2.05) is 36.7 Å². The first kappa shape index (κ1) is 11.1. The first-order chi connectivity index (χ1) is 9.90. The Morgan fingerprint density at radius 1 is 0.650 bits per heavy atom. The molecule has 20 heavy (non-hydrogen) atoms. The predicted molar refractivity (Wildman–Crippen MR) is 80.3 cm³/mol. The van der Waals surface area contributed by atoms with Crippen LogP contribution in [0.15, 0.2) is 67.3 Å². The Balaban J connectivity index is 1.91. The molecule has 0 spiro atoms. The topological polar surface area (TPSA) is 38.7 Å². The molecule has 3 heteroatoms. The number of hydrogen-bond acceptors (Lipinski definition) is 3. The van der Waals surface area contributed by atoms with Crippen LogP contribution in [0.4, 0.5) is 0 Å². The highest BCUT2D eigenvalue weighted by Gasteiger charge is 2.02. The van der Waals surface area contributed by atoms with E-state index in [1.165, 1.54) is 0 Å². The number of pyridine rings is 1. The fourth-order valence-electron chi connectivity index (χ4n) is 2.38. The number of hydrogen-bond donors (Lipinski definition) is 0. The standard InChI is InChI=1S/C17H11N3/c1-2-4-16-13(3-1)7-15(10-19-16)12-5-6-14-9-18-11-20-17(14)8-12/h1-11H. The van der Waals surface area contributed by atoms with Crippen molar-refractivity contribution in [3.8, 4) is 11.1 Å².